The van der Waals surface area contributed by atoms with E-state index >= 15 is 0 Å². The van der Waals surface area contributed by atoms with Crippen molar-refractivity contribution in [2.45, 2.75) is 16.6 Å². The van der Waals surface area contributed by atoms with Crippen molar-refractivity contribution in [3.05, 3.63) is 70.1 Å². The van der Waals surface area contributed by atoms with Gasteiger partial charge in [0.05, 0.1) is 15.9 Å². The molecular formula is C24H23N5O3S2. The van der Waals surface area contributed by atoms with Crippen molar-refractivity contribution in [2.75, 3.05) is 37.9 Å². The van der Waals surface area contributed by atoms with E-state index in [1.165, 1.54) is 10.3 Å². The molecule has 1 saturated heterocycles. The van der Waals surface area contributed by atoms with E-state index in [2.05, 4.69) is 38.0 Å². The number of nitrogens with zero attached hydrogens (tertiary/aromatic N) is 4. The van der Waals surface area contributed by atoms with Crippen LogP contribution in [0.1, 0.15) is 11.3 Å². The van der Waals surface area contributed by atoms with Crippen molar-refractivity contribution < 1.29 is 9.47 Å². The number of aromatic amines is 1. The van der Waals surface area contributed by atoms with E-state index < -0.39 is 0 Å². The Morgan fingerprint density at radius 2 is 1.85 bits per heavy atom. The van der Waals surface area contributed by atoms with E-state index in [4.69, 9.17) is 14.5 Å². The van der Waals surface area contributed by atoms with Crippen molar-refractivity contribution in [1.29, 1.82) is 0 Å². The number of H-pyrrole nitrogens is 1. The standard InChI is InChI=1S/C24H23N5O3S2/c30-22-12-17(14-33-24-26-18-3-1-2-4-21(18)34-24)25-23(27-22)29-9-7-28(8-10-29)13-16-5-6-19-20(11-16)32-15-31-19/h1-6,11-12H,7-10,13-15H2,(H,25,27,30). The van der Waals surface area contributed by atoms with Crippen LogP contribution in [0.2, 0.25) is 0 Å². The molecule has 10 heteroatoms. The Bertz CT molecular complexity index is 1350. The smallest absolute Gasteiger partial charge is 0.252 e. The summed E-state index contributed by atoms with van der Waals surface area (Å²) in [5.74, 6) is 2.89. The first-order valence-corrected chi connectivity index (χ1v) is 12.9. The average molecular weight is 494 g/mol. The van der Waals surface area contributed by atoms with Gasteiger partial charge in [0.2, 0.25) is 12.7 Å². The monoisotopic (exact) mass is 493 g/mol. The summed E-state index contributed by atoms with van der Waals surface area (Å²) < 4.78 is 13.0. The number of para-hydroxylation sites is 1. The highest BCUT2D eigenvalue weighted by molar-refractivity contribution is 8.00. The molecule has 8 nitrogen and oxygen atoms in total. The fourth-order valence-electron chi connectivity index (χ4n) is 4.18. The molecule has 4 aromatic rings. The number of thioether (sulfide) groups is 1. The lowest BCUT2D eigenvalue weighted by Crippen LogP contribution is -2.47. The highest BCUT2D eigenvalue weighted by atomic mass is 32.2. The van der Waals surface area contributed by atoms with E-state index in [0.717, 1.165) is 59.8 Å². The van der Waals surface area contributed by atoms with Crippen LogP contribution in [0, 0.1) is 0 Å². The summed E-state index contributed by atoms with van der Waals surface area (Å²) in [6.07, 6.45) is 0. The van der Waals surface area contributed by atoms with Gasteiger partial charge in [-0.2, -0.15) is 0 Å². The molecule has 0 radical (unpaired) electrons. The van der Waals surface area contributed by atoms with Crippen LogP contribution in [0.5, 0.6) is 11.5 Å². The molecule has 2 aliphatic heterocycles. The van der Waals surface area contributed by atoms with Gasteiger partial charge in [-0.25, -0.2) is 9.97 Å². The Kier molecular flexibility index (Phi) is 5.86. The minimum absolute atomic E-state index is 0.118. The van der Waals surface area contributed by atoms with Gasteiger partial charge < -0.3 is 14.4 Å². The Balaban J connectivity index is 1.08. The second kappa shape index (κ2) is 9.28. The van der Waals surface area contributed by atoms with Gasteiger partial charge in [0.1, 0.15) is 0 Å². The van der Waals surface area contributed by atoms with E-state index in [1.54, 1.807) is 29.2 Å². The third-order valence-corrected chi connectivity index (χ3v) is 8.13. The summed E-state index contributed by atoms with van der Waals surface area (Å²) in [6, 6.07) is 15.8. The lowest BCUT2D eigenvalue weighted by atomic mass is 10.1. The second-order valence-corrected chi connectivity index (χ2v) is 10.5. The third-order valence-electron chi connectivity index (χ3n) is 5.91. The molecule has 0 saturated carbocycles. The maximum atomic E-state index is 12.3. The number of nitrogens with one attached hydrogen (secondary N) is 1. The van der Waals surface area contributed by atoms with Crippen molar-refractivity contribution in [2.24, 2.45) is 0 Å². The Morgan fingerprint density at radius 3 is 2.74 bits per heavy atom. The van der Waals surface area contributed by atoms with Crippen molar-refractivity contribution >= 4 is 39.3 Å². The number of thiazole rings is 1. The predicted molar refractivity (Wildman–Crippen MR) is 134 cm³/mol. The van der Waals surface area contributed by atoms with Gasteiger partial charge in [0, 0.05) is 44.5 Å². The fourth-order valence-corrected chi connectivity index (χ4v) is 6.14. The van der Waals surface area contributed by atoms with Crippen LogP contribution in [0.3, 0.4) is 0 Å². The Labute approximate surface area is 204 Å². The molecule has 4 heterocycles. The molecule has 6 rings (SSSR count). The minimum Gasteiger partial charge on any atom is -0.454 e. The van der Waals surface area contributed by atoms with Gasteiger partial charge in [0.25, 0.3) is 5.56 Å². The van der Waals surface area contributed by atoms with Crippen LogP contribution in [0.4, 0.5) is 5.95 Å². The van der Waals surface area contributed by atoms with E-state index in [9.17, 15) is 4.79 Å². The molecule has 2 aromatic heterocycles. The average Bonchev–Trinajstić information content (AvgIpc) is 3.49. The number of anilines is 1. The lowest BCUT2D eigenvalue weighted by Gasteiger charge is -2.35. The quantitative estimate of drug-likeness (QED) is 0.407. The number of rotatable bonds is 6. The van der Waals surface area contributed by atoms with Crippen LogP contribution in [0.25, 0.3) is 10.2 Å². The number of aromatic nitrogens is 3. The molecule has 2 aromatic carbocycles. The van der Waals surface area contributed by atoms with Crippen molar-refractivity contribution in [1.82, 2.24) is 19.9 Å². The van der Waals surface area contributed by atoms with Crippen LogP contribution in [0.15, 0.2) is 57.7 Å². The number of fused-ring (bicyclic) bond motifs is 2. The number of ether oxygens (including phenoxy) is 2. The number of hydrogen-bond acceptors (Lipinski definition) is 9. The van der Waals surface area contributed by atoms with Crippen LogP contribution in [-0.4, -0.2) is 52.8 Å². The molecule has 0 unspecified atom stereocenters. The van der Waals surface area contributed by atoms with Gasteiger partial charge in [-0.1, -0.05) is 30.0 Å². The molecule has 1 N–H and O–H groups in total. The maximum Gasteiger partial charge on any atom is 0.252 e. The molecule has 0 amide bonds. The summed E-state index contributed by atoms with van der Waals surface area (Å²) in [6.45, 7) is 4.55. The van der Waals surface area contributed by atoms with E-state index in [-0.39, 0.29) is 5.56 Å². The molecule has 0 atom stereocenters. The van der Waals surface area contributed by atoms with Crippen molar-refractivity contribution in [3.63, 3.8) is 0 Å². The molecule has 0 aliphatic carbocycles. The number of piperazine rings is 1. The lowest BCUT2D eigenvalue weighted by molar-refractivity contribution is 0.174. The summed E-state index contributed by atoms with van der Waals surface area (Å²) in [4.78, 5) is 29.2. The van der Waals surface area contributed by atoms with Gasteiger partial charge in [-0.15, -0.1) is 11.3 Å². The van der Waals surface area contributed by atoms with Crippen LogP contribution in [-0.2, 0) is 12.3 Å². The Hall–Kier alpha value is -3.08. The number of benzene rings is 2. The molecular weight excluding hydrogens is 470 g/mol. The first kappa shape index (κ1) is 21.5. The molecule has 0 bridgehead atoms. The summed E-state index contributed by atoms with van der Waals surface area (Å²) in [7, 11) is 0. The number of hydrogen-bond donors (Lipinski definition) is 1. The molecule has 34 heavy (non-hydrogen) atoms. The summed E-state index contributed by atoms with van der Waals surface area (Å²) in [5.41, 5.74) is 2.87. The normalized spacial score (nSPS) is 15.8. The van der Waals surface area contributed by atoms with Gasteiger partial charge in [0.15, 0.2) is 15.8 Å². The minimum atomic E-state index is -0.118. The van der Waals surface area contributed by atoms with Gasteiger partial charge >= 0.3 is 0 Å². The van der Waals surface area contributed by atoms with Crippen molar-refractivity contribution in [3.8, 4) is 11.5 Å². The van der Waals surface area contributed by atoms with Gasteiger partial charge in [-0.05, 0) is 29.8 Å². The van der Waals surface area contributed by atoms with Gasteiger partial charge in [-0.3, -0.25) is 14.7 Å². The maximum absolute atomic E-state index is 12.3. The zero-order valence-corrected chi connectivity index (χ0v) is 20.0. The van der Waals surface area contributed by atoms with Crippen LogP contribution >= 0.6 is 23.1 Å². The van der Waals surface area contributed by atoms with E-state index in [1.807, 2.05) is 24.3 Å². The topological polar surface area (TPSA) is 83.6 Å². The molecule has 2 aliphatic rings. The second-order valence-electron chi connectivity index (χ2n) is 8.25. The highest BCUT2D eigenvalue weighted by Gasteiger charge is 2.21. The zero-order valence-electron chi connectivity index (χ0n) is 18.4. The first-order valence-electron chi connectivity index (χ1n) is 11.1. The molecule has 1 fully saturated rings. The van der Waals surface area contributed by atoms with E-state index in [0.29, 0.717) is 18.5 Å². The highest BCUT2D eigenvalue weighted by Crippen LogP contribution is 2.33. The molecule has 174 valence electrons. The first-order chi connectivity index (χ1) is 16.7. The largest absolute Gasteiger partial charge is 0.454 e. The Morgan fingerprint density at radius 1 is 1.00 bits per heavy atom. The zero-order chi connectivity index (χ0) is 22.9. The fraction of sp³-hybridized carbons (Fsp3) is 0.292. The third kappa shape index (κ3) is 4.61. The molecule has 0 spiro atoms. The summed E-state index contributed by atoms with van der Waals surface area (Å²) in [5, 5.41) is 0. The summed E-state index contributed by atoms with van der Waals surface area (Å²) >= 11 is 3.29. The predicted octanol–water partition coefficient (Wildman–Crippen LogP) is 3.72. The SMILES string of the molecule is O=c1cc(CSc2nc3ccccc3s2)nc(N2CCN(Cc3ccc4c(c3)OCO4)CC2)[nH]1. The van der Waals surface area contributed by atoms with Crippen LogP contribution < -0.4 is 19.9 Å².